The van der Waals surface area contributed by atoms with Crippen LogP contribution in [0.1, 0.15) is 65.0 Å². The molecule has 7 amide bonds. The van der Waals surface area contributed by atoms with Crippen LogP contribution in [0.2, 0.25) is 0 Å². The van der Waals surface area contributed by atoms with Crippen molar-refractivity contribution < 1.29 is 53.3 Å². The number of hydrogen-bond donors (Lipinski definition) is 10. The molecule has 19 heteroatoms. The first kappa shape index (κ1) is 52.9. The highest BCUT2D eigenvalue weighted by atomic mass is 16.5. The second-order valence-corrected chi connectivity index (χ2v) is 16.4. The van der Waals surface area contributed by atoms with Gasteiger partial charge >= 0.3 is 5.97 Å². The quantitative estimate of drug-likeness (QED) is 0.0364. The van der Waals surface area contributed by atoms with E-state index in [2.05, 4.69) is 37.2 Å². The summed E-state index contributed by atoms with van der Waals surface area (Å²) in [5, 5.41) is 40.7. The zero-order chi connectivity index (χ0) is 48.2. The molecule has 0 aliphatic heterocycles. The predicted octanol–water partition coefficient (Wildman–Crippen LogP) is -0.405. The smallest absolute Gasteiger partial charge is 0.328 e. The third-order valence-corrected chi connectivity index (χ3v) is 10.6. The third-order valence-electron chi connectivity index (χ3n) is 10.6. The van der Waals surface area contributed by atoms with Crippen molar-refractivity contribution >= 4 is 58.1 Å². The molecule has 0 aliphatic rings. The second-order valence-electron chi connectivity index (χ2n) is 16.4. The number of esters is 1. The number of carbonyl (C=O) groups excluding carboxylic acids is 8. The lowest BCUT2D eigenvalue weighted by Crippen LogP contribution is -2.60. The Labute approximate surface area is 378 Å². The van der Waals surface area contributed by atoms with E-state index in [0.29, 0.717) is 12.0 Å². The molecule has 0 bridgehead atoms. The van der Waals surface area contributed by atoms with E-state index < -0.39 is 109 Å². The highest BCUT2D eigenvalue weighted by Crippen LogP contribution is 2.18. The summed E-state index contributed by atoms with van der Waals surface area (Å²) in [6.07, 6.45) is -1.57. The maximum absolute atomic E-state index is 13.8. The van der Waals surface area contributed by atoms with Crippen molar-refractivity contribution in [3.8, 4) is 0 Å². The normalized spacial score (nSPS) is 14.8. The molecule has 0 aromatic heterocycles. The van der Waals surface area contributed by atoms with E-state index in [-0.39, 0.29) is 31.1 Å². The van der Waals surface area contributed by atoms with E-state index >= 15 is 0 Å². The molecule has 3 aromatic carbocycles. The number of ether oxygens (including phenoxy) is 1. The van der Waals surface area contributed by atoms with E-state index in [9.17, 15) is 48.6 Å². The summed E-state index contributed by atoms with van der Waals surface area (Å²) in [5.41, 5.74) is 6.87. The average Bonchev–Trinajstić information content (AvgIpc) is 3.27. The zero-order valence-electron chi connectivity index (χ0n) is 37.7. The Kier molecular flexibility index (Phi) is 21.5. The monoisotopic (exact) mass is 904 g/mol. The van der Waals surface area contributed by atoms with Crippen LogP contribution in [0.15, 0.2) is 72.8 Å². The van der Waals surface area contributed by atoms with Gasteiger partial charge in [0.15, 0.2) is 0 Å². The first-order valence-corrected chi connectivity index (χ1v) is 21.5. The van der Waals surface area contributed by atoms with Crippen LogP contribution in [0.3, 0.4) is 0 Å². The molecule has 0 spiro atoms. The van der Waals surface area contributed by atoms with Crippen molar-refractivity contribution in [2.24, 2.45) is 17.6 Å². The molecule has 8 atom stereocenters. The van der Waals surface area contributed by atoms with Crippen LogP contribution in [0, 0.1) is 11.8 Å². The number of primary amides is 1. The number of amides is 7. The fourth-order valence-electron chi connectivity index (χ4n) is 6.95. The van der Waals surface area contributed by atoms with Gasteiger partial charge in [-0.05, 0) is 40.2 Å². The van der Waals surface area contributed by atoms with E-state index in [1.807, 2.05) is 49.4 Å². The number of benzene rings is 3. The van der Waals surface area contributed by atoms with Crippen molar-refractivity contribution in [1.82, 2.24) is 37.2 Å². The van der Waals surface area contributed by atoms with Crippen LogP contribution in [0.5, 0.6) is 0 Å². The van der Waals surface area contributed by atoms with Gasteiger partial charge in [0.1, 0.15) is 36.4 Å². The molecular weight excluding hydrogens is 841 g/mol. The van der Waals surface area contributed by atoms with E-state index in [4.69, 9.17) is 10.5 Å². The maximum Gasteiger partial charge on any atom is 0.328 e. The van der Waals surface area contributed by atoms with Crippen LogP contribution >= 0.6 is 0 Å². The Balaban J connectivity index is 1.77. The highest BCUT2D eigenvalue weighted by molar-refractivity contribution is 5.97. The SMILES string of the molecule is CC[C@H](C)[C@H](NC(O)CNC(=O)[C@H](Cc1ccccc1)NC(=O)[C@H](CC(N)=O)NC(=O)[C@H](CC(C)C)NC(=O)[C@H](CO)NC(C)=O)C(=O)N[C@@H](Cc1ccc2ccccc2c1)C(=O)OC. The highest BCUT2D eigenvalue weighted by Gasteiger charge is 2.34. The molecule has 354 valence electrons. The van der Waals surface area contributed by atoms with Crippen molar-refractivity contribution in [1.29, 1.82) is 0 Å². The van der Waals surface area contributed by atoms with E-state index in [1.165, 1.54) is 7.11 Å². The number of nitrogens with one attached hydrogen (secondary N) is 7. The fraction of sp³-hybridized carbons (Fsp3) is 0.478. The van der Waals surface area contributed by atoms with Crippen LogP contribution in [-0.2, 0) is 55.9 Å². The van der Waals surface area contributed by atoms with Gasteiger partial charge in [-0.25, -0.2) is 4.79 Å². The number of nitrogens with two attached hydrogens (primary N) is 1. The summed E-state index contributed by atoms with van der Waals surface area (Å²) in [6.45, 7) is 7.11. The topological polar surface area (TPSA) is 296 Å². The molecule has 1 unspecified atom stereocenters. The molecular formula is C46H64N8O11. The van der Waals surface area contributed by atoms with Crippen LogP contribution < -0.4 is 43.0 Å². The minimum atomic E-state index is -1.61. The summed E-state index contributed by atoms with van der Waals surface area (Å²) >= 11 is 0. The van der Waals surface area contributed by atoms with Gasteiger partial charge in [-0.2, -0.15) is 0 Å². The number of fused-ring (bicyclic) bond motifs is 1. The molecule has 0 saturated carbocycles. The van der Waals surface area contributed by atoms with Gasteiger partial charge in [0, 0.05) is 19.8 Å². The van der Waals surface area contributed by atoms with E-state index in [0.717, 1.165) is 23.3 Å². The lowest BCUT2D eigenvalue weighted by atomic mass is 9.96. The van der Waals surface area contributed by atoms with Gasteiger partial charge in [-0.15, -0.1) is 0 Å². The lowest BCUT2D eigenvalue weighted by Gasteiger charge is -2.29. The first-order chi connectivity index (χ1) is 30.8. The van der Waals surface area contributed by atoms with Crippen LogP contribution in [0.4, 0.5) is 0 Å². The van der Waals surface area contributed by atoms with E-state index in [1.54, 1.807) is 51.1 Å². The van der Waals surface area contributed by atoms with Crippen molar-refractivity contribution in [2.45, 2.75) is 109 Å². The summed E-state index contributed by atoms with van der Waals surface area (Å²) in [6, 6.07) is 14.4. The van der Waals surface area contributed by atoms with Crippen LogP contribution in [-0.4, -0.2) is 120 Å². The number of rotatable bonds is 26. The summed E-state index contributed by atoms with van der Waals surface area (Å²) in [4.78, 5) is 105. The standard InChI is InChI=1S/C46H64N8O11/c1-7-27(4)40(45(63)53-36(46(64)65-6)22-30-17-18-31-15-11-12-16-32(31)20-30)54-39(58)24-48-41(59)34(21-29-13-9-8-10-14-29)51-43(61)35(23-38(47)57)52-42(60)33(19-26(2)3)50-44(62)37(25-55)49-28(5)56/h8-18,20,26-27,33-37,39-40,54-55,58H,7,19,21-25H2,1-6H3,(H2,47,57)(H,48,59)(H,49,56)(H,50,62)(H,51,61)(H,52,60)(H,53,63)/t27-,33-,34-,35-,36-,37-,39?,40-/m0/s1. The van der Waals surface area contributed by atoms with Crippen molar-refractivity contribution in [3.63, 3.8) is 0 Å². The Morgan fingerprint density at radius 3 is 1.83 bits per heavy atom. The third kappa shape index (κ3) is 17.6. The maximum atomic E-state index is 13.8. The van der Waals surface area contributed by atoms with Crippen LogP contribution in [0.25, 0.3) is 10.8 Å². The van der Waals surface area contributed by atoms with Crippen molar-refractivity contribution in [3.05, 3.63) is 83.9 Å². The summed E-state index contributed by atoms with van der Waals surface area (Å²) in [5.74, 6) is -6.82. The molecule has 3 rings (SSSR count). The molecule has 65 heavy (non-hydrogen) atoms. The Bertz CT molecular complexity index is 2100. The molecule has 19 nitrogen and oxygen atoms in total. The summed E-state index contributed by atoms with van der Waals surface area (Å²) < 4.78 is 5.01. The Morgan fingerprint density at radius 1 is 0.662 bits per heavy atom. The number of aliphatic hydroxyl groups excluding tert-OH is 2. The molecule has 0 saturated heterocycles. The van der Waals surface area contributed by atoms with Gasteiger partial charge in [0.05, 0.1) is 32.7 Å². The number of aliphatic hydroxyl groups is 2. The molecule has 0 fully saturated rings. The van der Waals surface area contributed by atoms with Crippen molar-refractivity contribution in [2.75, 3.05) is 20.3 Å². The number of carbonyl (C=O) groups is 8. The number of hydrogen-bond acceptors (Lipinski definition) is 12. The summed E-state index contributed by atoms with van der Waals surface area (Å²) in [7, 11) is 1.22. The molecule has 0 aliphatic carbocycles. The lowest BCUT2D eigenvalue weighted by molar-refractivity contribution is -0.145. The van der Waals surface area contributed by atoms with Gasteiger partial charge < -0.3 is 52.6 Å². The fourth-order valence-corrected chi connectivity index (χ4v) is 6.95. The van der Waals surface area contributed by atoms with Gasteiger partial charge in [-0.3, -0.25) is 38.9 Å². The predicted molar refractivity (Wildman–Crippen MR) is 241 cm³/mol. The second kappa shape index (κ2) is 26.4. The minimum absolute atomic E-state index is 0.0623. The molecule has 3 aromatic rings. The molecule has 0 radical (unpaired) electrons. The van der Waals surface area contributed by atoms with Gasteiger partial charge in [0.2, 0.25) is 41.4 Å². The molecule has 0 heterocycles. The largest absolute Gasteiger partial charge is 0.467 e. The first-order valence-electron chi connectivity index (χ1n) is 21.5. The average molecular weight is 905 g/mol. The Hall–Kier alpha value is -6.44. The number of methoxy groups -OCH3 is 1. The van der Waals surface area contributed by atoms with Gasteiger partial charge in [-0.1, -0.05) is 107 Å². The Morgan fingerprint density at radius 2 is 1.23 bits per heavy atom. The molecule has 11 N–H and O–H groups in total. The minimum Gasteiger partial charge on any atom is -0.467 e. The van der Waals surface area contributed by atoms with Gasteiger partial charge in [0.25, 0.3) is 0 Å². The zero-order valence-corrected chi connectivity index (χ0v) is 37.7.